The van der Waals surface area contributed by atoms with Crippen molar-refractivity contribution < 1.29 is 21.9 Å². The molecule has 1 aromatic rings. The van der Waals surface area contributed by atoms with E-state index in [9.17, 15) is 0 Å². The number of hydrogen-bond donors (Lipinski definition) is 0. The van der Waals surface area contributed by atoms with E-state index in [0.29, 0.717) is 13.2 Å². The van der Waals surface area contributed by atoms with Crippen LogP contribution in [0.5, 0.6) is 0 Å². The van der Waals surface area contributed by atoms with Gasteiger partial charge in [-0.3, -0.25) is 0 Å². The number of unbranched alkanes of at least 4 members (excludes halogenated alkanes) is 3. The number of rotatable bonds is 12. The molecule has 2 nitrogen and oxygen atoms in total. The van der Waals surface area contributed by atoms with Crippen LogP contribution < -0.4 is 12.4 Å². The van der Waals surface area contributed by atoms with Crippen molar-refractivity contribution in [2.45, 2.75) is 71.7 Å². The maximum absolute atomic E-state index is 5.62. The van der Waals surface area contributed by atoms with Gasteiger partial charge in [0.1, 0.15) is 0 Å². The highest BCUT2D eigenvalue weighted by atomic mass is 35.5. The summed E-state index contributed by atoms with van der Waals surface area (Å²) in [5, 5.41) is 0. The van der Waals surface area contributed by atoms with Crippen LogP contribution in [-0.2, 0) is 15.6 Å². The second-order valence-corrected chi connectivity index (χ2v) is 11.9. The van der Waals surface area contributed by atoms with Crippen molar-refractivity contribution in [1.82, 2.24) is 0 Å². The Morgan fingerprint density at radius 1 is 0.808 bits per heavy atom. The molecule has 26 heavy (non-hydrogen) atoms. The molecule has 1 aromatic carbocycles. The van der Waals surface area contributed by atoms with E-state index in [0.717, 1.165) is 0 Å². The summed E-state index contributed by atoms with van der Waals surface area (Å²) in [6.07, 6.45) is 13.9. The predicted molar refractivity (Wildman–Crippen MR) is 111 cm³/mol. The van der Waals surface area contributed by atoms with Crippen molar-refractivity contribution in [2.75, 3.05) is 31.7 Å². The third-order valence-corrected chi connectivity index (χ3v) is 10.2. The molecule has 1 fully saturated rings. The molecule has 0 unspecified atom stereocenters. The van der Waals surface area contributed by atoms with E-state index in [1.165, 1.54) is 74.3 Å². The lowest BCUT2D eigenvalue weighted by Gasteiger charge is -2.28. The Bertz CT molecular complexity index is 450. The minimum Gasteiger partial charge on any atom is -1.00 e. The Morgan fingerprint density at radius 3 is 1.69 bits per heavy atom. The van der Waals surface area contributed by atoms with Gasteiger partial charge in [0, 0.05) is 12.8 Å². The maximum Gasteiger partial charge on any atom is 0.184 e. The average molecular weight is 401 g/mol. The molecule has 2 rings (SSSR count). The fourth-order valence-electron chi connectivity index (χ4n) is 3.77. The normalized spacial score (nSPS) is 15.2. The first-order chi connectivity index (χ1) is 12.2. The molecule has 0 radical (unpaired) electrons. The molecular weight excluding hydrogens is 363 g/mol. The summed E-state index contributed by atoms with van der Waals surface area (Å²) in [4.78, 5) is 0. The first-order valence-electron chi connectivity index (χ1n) is 10.4. The highest BCUT2D eigenvalue weighted by Crippen LogP contribution is 2.63. The van der Waals surface area contributed by atoms with Gasteiger partial charge in [0.05, 0.1) is 37.9 Å². The number of hydrogen-bond acceptors (Lipinski definition) is 2. The van der Waals surface area contributed by atoms with Crippen LogP contribution in [0.25, 0.3) is 0 Å². The first-order valence-corrected chi connectivity index (χ1v) is 12.9. The first kappa shape index (κ1) is 23.9. The smallest absolute Gasteiger partial charge is 0.184 e. The van der Waals surface area contributed by atoms with Crippen LogP contribution in [0.4, 0.5) is 0 Å². The molecule has 4 heteroatoms. The van der Waals surface area contributed by atoms with Crippen LogP contribution in [0, 0.1) is 0 Å². The van der Waals surface area contributed by atoms with E-state index in [-0.39, 0.29) is 18.7 Å². The number of ether oxygens (including phenoxy) is 2. The third kappa shape index (κ3) is 7.47. The van der Waals surface area contributed by atoms with Crippen molar-refractivity contribution in [1.29, 1.82) is 0 Å². The summed E-state index contributed by atoms with van der Waals surface area (Å²) in [5.41, 5.74) is 2.69. The lowest BCUT2D eigenvalue weighted by atomic mass is 10.1. The monoisotopic (exact) mass is 400 g/mol. The van der Waals surface area contributed by atoms with Crippen molar-refractivity contribution in [3.8, 4) is 0 Å². The van der Waals surface area contributed by atoms with Gasteiger partial charge in [0.2, 0.25) is 0 Å². The number of halogens is 1. The van der Waals surface area contributed by atoms with Gasteiger partial charge in [-0.15, -0.1) is 0 Å². The summed E-state index contributed by atoms with van der Waals surface area (Å²) in [7, 11) is -0.870. The van der Waals surface area contributed by atoms with E-state index in [1.54, 1.807) is 0 Å². The van der Waals surface area contributed by atoms with Crippen LogP contribution in [-0.4, -0.2) is 31.7 Å². The molecular formula is C22H38ClO2P. The molecule has 0 atom stereocenters. The standard InChI is InChI=1S/C22H38O2P.ClH/c1-4-7-16-25(17-8-5-2,18-9-6-3)19-20-10-12-21(13-11-20)22-23-14-15-24-22;/h10-13,22H,4-9,14-19H2,1-3H3;1H/q+1;/p-1. The summed E-state index contributed by atoms with van der Waals surface area (Å²) in [6.45, 7) is 8.44. The van der Waals surface area contributed by atoms with Gasteiger partial charge in [-0.05, 0) is 24.8 Å². The SMILES string of the molecule is CCCC[P+](CCCC)(CCCC)Cc1ccc(C2OCCO2)cc1.[Cl-]. The Balaban J connectivity index is 0.00000338. The second kappa shape index (κ2) is 13.1. The molecule has 0 saturated carbocycles. The molecule has 0 amide bonds. The Hall–Kier alpha value is -0.140. The quantitative estimate of drug-likeness (QED) is 0.498. The lowest BCUT2D eigenvalue weighted by molar-refractivity contribution is -0.0441. The number of benzene rings is 1. The minimum absolute atomic E-state index is 0. The maximum atomic E-state index is 5.62. The zero-order chi connectivity index (χ0) is 18.0. The van der Waals surface area contributed by atoms with Crippen molar-refractivity contribution in [2.24, 2.45) is 0 Å². The van der Waals surface area contributed by atoms with Gasteiger partial charge in [-0.25, -0.2) is 0 Å². The van der Waals surface area contributed by atoms with E-state index < -0.39 is 7.26 Å². The Morgan fingerprint density at radius 2 is 1.27 bits per heavy atom. The van der Waals surface area contributed by atoms with E-state index in [2.05, 4.69) is 45.0 Å². The van der Waals surface area contributed by atoms with Gasteiger partial charge >= 0.3 is 0 Å². The molecule has 1 aliphatic rings. The van der Waals surface area contributed by atoms with Gasteiger partial charge in [-0.1, -0.05) is 64.3 Å². The van der Waals surface area contributed by atoms with Crippen molar-refractivity contribution in [3.05, 3.63) is 35.4 Å². The van der Waals surface area contributed by atoms with Gasteiger partial charge in [0.15, 0.2) is 6.29 Å². The molecule has 0 aliphatic carbocycles. The largest absolute Gasteiger partial charge is 1.00 e. The Kier molecular flexibility index (Phi) is 12.0. The van der Waals surface area contributed by atoms with Gasteiger partial charge < -0.3 is 21.9 Å². The summed E-state index contributed by atoms with van der Waals surface area (Å²) in [6, 6.07) is 9.11. The topological polar surface area (TPSA) is 18.5 Å². The van der Waals surface area contributed by atoms with Crippen molar-refractivity contribution in [3.63, 3.8) is 0 Å². The summed E-state index contributed by atoms with van der Waals surface area (Å²) < 4.78 is 11.2. The molecule has 1 saturated heterocycles. The van der Waals surface area contributed by atoms with Crippen LogP contribution in [0.15, 0.2) is 24.3 Å². The van der Waals surface area contributed by atoms with E-state index in [4.69, 9.17) is 9.47 Å². The highest BCUT2D eigenvalue weighted by molar-refractivity contribution is 7.75. The second-order valence-electron chi connectivity index (χ2n) is 7.55. The molecule has 1 heterocycles. The van der Waals surface area contributed by atoms with Crippen LogP contribution in [0.2, 0.25) is 0 Å². The summed E-state index contributed by atoms with van der Waals surface area (Å²) >= 11 is 0. The molecule has 1 aliphatic heterocycles. The van der Waals surface area contributed by atoms with Gasteiger partial charge in [0.25, 0.3) is 0 Å². The zero-order valence-corrected chi connectivity index (χ0v) is 18.7. The fraction of sp³-hybridized carbons (Fsp3) is 0.727. The fourth-order valence-corrected chi connectivity index (χ4v) is 8.86. The van der Waals surface area contributed by atoms with Gasteiger partial charge in [-0.2, -0.15) is 0 Å². The molecule has 150 valence electrons. The Labute approximate surface area is 168 Å². The minimum atomic E-state index is -0.870. The van der Waals surface area contributed by atoms with Crippen LogP contribution in [0.3, 0.4) is 0 Å². The lowest BCUT2D eigenvalue weighted by Crippen LogP contribution is -3.00. The van der Waals surface area contributed by atoms with E-state index in [1.807, 2.05) is 0 Å². The van der Waals surface area contributed by atoms with Crippen molar-refractivity contribution >= 4 is 7.26 Å². The molecule has 0 bridgehead atoms. The average Bonchev–Trinajstić information content (AvgIpc) is 3.18. The molecule has 0 aromatic heterocycles. The molecule has 0 spiro atoms. The summed E-state index contributed by atoms with van der Waals surface area (Å²) in [5.74, 6) is 0. The van der Waals surface area contributed by atoms with Crippen LogP contribution >= 0.6 is 7.26 Å². The highest BCUT2D eigenvalue weighted by Gasteiger charge is 2.35. The molecule has 0 N–H and O–H groups in total. The third-order valence-electron chi connectivity index (χ3n) is 5.35. The van der Waals surface area contributed by atoms with E-state index >= 15 is 0 Å². The van der Waals surface area contributed by atoms with Crippen LogP contribution in [0.1, 0.15) is 76.7 Å². The zero-order valence-electron chi connectivity index (χ0n) is 17.0. The predicted octanol–water partition coefficient (Wildman–Crippen LogP) is 3.65.